The van der Waals surface area contributed by atoms with Gasteiger partial charge in [-0.25, -0.2) is 0 Å². The first-order chi connectivity index (χ1) is 8.22. The summed E-state index contributed by atoms with van der Waals surface area (Å²) in [6.07, 6.45) is 1.28. The molecule has 18 heavy (non-hydrogen) atoms. The molecule has 0 aromatic heterocycles. The smallest absolute Gasteiger partial charge is 0.220 e. The molecule has 0 radical (unpaired) electrons. The van der Waals surface area contributed by atoms with Crippen molar-refractivity contribution in [3.05, 3.63) is 34.9 Å². The van der Waals surface area contributed by atoms with Crippen LogP contribution in [0, 0.1) is 0 Å². The second-order valence-electron chi connectivity index (χ2n) is 3.83. The Labute approximate surface area is 120 Å². The predicted molar refractivity (Wildman–Crippen MR) is 78.6 cm³/mol. The normalized spacial score (nSPS) is 9.67. The average molecular weight is 291 g/mol. The van der Waals surface area contributed by atoms with E-state index in [9.17, 15) is 4.79 Å². The van der Waals surface area contributed by atoms with Gasteiger partial charge in [0.2, 0.25) is 5.91 Å². The van der Waals surface area contributed by atoms with Crippen molar-refractivity contribution >= 4 is 29.9 Å². The number of nitrogens with one attached hydrogen (secondary N) is 2. The highest BCUT2D eigenvalue weighted by atomic mass is 35.5. The quantitative estimate of drug-likeness (QED) is 0.758. The van der Waals surface area contributed by atoms with E-state index in [0.717, 1.165) is 30.1 Å². The first-order valence-corrected chi connectivity index (χ1v) is 6.32. The molecule has 0 spiro atoms. The van der Waals surface area contributed by atoms with Crippen molar-refractivity contribution in [1.82, 2.24) is 10.6 Å². The minimum atomic E-state index is 0. The summed E-state index contributed by atoms with van der Waals surface area (Å²) < 4.78 is 0. The number of likely N-dealkylation sites (N-methyl/N-ethyl adjacent to an activating group) is 1. The van der Waals surface area contributed by atoms with Crippen molar-refractivity contribution in [1.29, 1.82) is 0 Å². The zero-order valence-electron chi connectivity index (χ0n) is 10.5. The minimum Gasteiger partial charge on any atom is -0.355 e. The van der Waals surface area contributed by atoms with E-state index in [2.05, 4.69) is 10.6 Å². The van der Waals surface area contributed by atoms with Crippen LogP contribution in [0.1, 0.15) is 18.9 Å². The second-order valence-corrected chi connectivity index (χ2v) is 4.27. The average Bonchev–Trinajstić information content (AvgIpc) is 2.34. The van der Waals surface area contributed by atoms with Crippen LogP contribution in [-0.2, 0) is 11.2 Å². The lowest BCUT2D eigenvalue weighted by Gasteiger charge is -2.05. The molecule has 0 atom stereocenters. The Morgan fingerprint density at radius 3 is 2.50 bits per heavy atom. The minimum absolute atomic E-state index is 0. The number of halogens is 2. The van der Waals surface area contributed by atoms with Crippen molar-refractivity contribution < 1.29 is 4.79 Å². The van der Waals surface area contributed by atoms with Crippen molar-refractivity contribution in [3.8, 4) is 0 Å². The van der Waals surface area contributed by atoms with Gasteiger partial charge >= 0.3 is 0 Å². The van der Waals surface area contributed by atoms with Crippen molar-refractivity contribution in [2.75, 3.05) is 19.6 Å². The molecular formula is C13H20Cl2N2O. The fraction of sp³-hybridized carbons (Fsp3) is 0.462. The maximum Gasteiger partial charge on any atom is 0.220 e. The Kier molecular flexibility index (Phi) is 9.74. The molecule has 1 rings (SSSR count). The summed E-state index contributed by atoms with van der Waals surface area (Å²) in [5.74, 6) is 0.0952. The molecule has 0 saturated heterocycles. The van der Waals surface area contributed by atoms with Crippen LogP contribution in [0.5, 0.6) is 0 Å². The summed E-state index contributed by atoms with van der Waals surface area (Å²) in [4.78, 5) is 11.5. The van der Waals surface area contributed by atoms with Crippen molar-refractivity contribution in [2.24, 2.45) is 0 Å². The van der Waals surface area contributed by atoms with Gasteiger partial charge in [0.25, 0.3) is 0 Å². The van der Waals surface area contributed by atoms with Crippen molar-refractivity contribution in [3.63, 3.8) is 0 Å². The molecule has 0 unspecified atom stereocenters. The molecule has 1 amide bonds. The first-order valence-electron chi connectivity index (χ1n) is 5.94. The zero-order valence-corrected chi connectivity index (χ0v) is 12.1. The molecule has 0 aliphatic rings. The van der Waals surface area contributed by atoms with Crippen LogP contribution in [-0.4, -0.2) is 25.5 Å². The standard InChI is InChI=1S/C13H19ClN2O.ClH/c1-2-15-9-10-16-13(17)8-5-11-3-6-12(14)7-4-11;/h3-4,6-7,15H,2,5,8-10H2,1H3,(H,16,17);1H. The predicted octanol–water partition coefficient (Wildman–Crippen LogP) is 2.42. The van der Waals surface area contributed by atoms with E-state index in [0.29, 0.717) is 13.0 Å². The maximum atomic E-state index is 11.5. The monoisotopic (exact) mass is 290 g/mol. The molecule has 1 aromatic rings. The topological polar surface area (TPSA) is 41.1 Å². The molecule has 0 fully saturated rings. The van der Waals surface area contributed by atoms with Crippen LogP contribution in [0.15, 0.2) is 24.3 Å². The van der Waals surface area contributed by atoms with E-state index in [4.69, 9.17) is 11.6 Å². The van der Waals surface area contributed by atoms with E-state index in [1.54, 1.807) is 0 Å². The van der Waals surface area contributed by atoms with Gasteiger partial charge in [0, 0.05) is 24.5 Å². The highest BCUT2D eigenvalue weighted by Crippen LogP contribution is 2.10. The third-order valence-corrected chi connectivity index (χ3v) is 2.68. The van der Waals surface area contributed by atoms with Gasteiger partial charge < -0.3 is 10.6 Å². The van der Waals surface area contributed by atoms with Crippen LogP contribution >= 0.6 is 24.0 Å². The number of benzene rings is 1. The lowest BCUT2D eigenvalue weighted by atomic mass is 10.1. The molecule has 5 heteroatoms. The summed E-state index contributed by atoms with van der Waals surface area (Å²) >= 11 is 5.79. The Morgan fingerprint density at radius 2 is 1.89 bits per heavy atom. The molecule has 0 saturated carbocycles. The van der Waals surface area contributed by atoms with Gasteiger partial charge in [0.1, 0.15) is 0 Å². The molecule has 0 heterocycles. The fourth-order valence-corrected chi connectivity index (χ4v) is 1.59. The Morgan fingerprint density at radius 1 is 1.22 bits per heavy atom. The van der Waals surface area contributed by atoms with Crippen LogP contribution in [0.3, 0.4) is 0 Å². The zero-order chi connectivity index (χ0) is 12.5. The Hall–Kier alpha value is -0.770. The Balaban J connectivity index is 0.00000289. The molecule has 2 N–H and O–H groups in total. The summed E-state index contributed by atoms with van der Waals surface area (Å²) in [7, 11) is 0. The lowest BCUT2D eigenvalue weighted by molar-refractivity contribution is -0.121. The van der Waals surface area contributed by atoms with Crippen LogP contribution in [0.2, 0.25) is 5.02 Å². The number of carbonyl (C=O) groups is 1. The maximum absolute atomic E-state index is 11.5. The molecule has 3 nitrogen and oxygen atoms in total. The Bertz CT molecular complexity index is 341. The van der Waals surface area contributed by atoms with E-state index in [1.807, 2.05) is 31.2 Å². The van der Waals surface area contributed by atoms with Crippen LogP contribution in [0.25, 0.3) is 0 Å². The SMILES string of the molecule is CCNCCNC(=O)CCc1ccc(Cl)cc1.Cl. The number of carbonyl (C=O) groups excluding carboxylic acids is 1. The van der Waals surface area contributed by atoms with Crippen molar-refractivity contribution in [2.45, 2.75) is 19.8 Å². The summed E-state index contributed by atoms with van der Waals surface area (Å²) in [6, 6.07) is 7.60. The van der Waals surface area contributed by atoms with Gasteiger partial charge in [0.15, 0.2) is 0 Å². The van der Waals surface area contributed by atoms with Gasteiger partial charge in [-0.05, 0) is 30.7 Å². The summed E-state index contributed by atoms with van der Waals surface area (Å²) in [5.41, 5.74) is 1.14. The fourth-order valence-electron chi connectivity index (χ4n) is 1.46. The first kappa shape index (κ1) is 17.2. The lowest BCUT2D eigenvalue weighted by Crippen LogP contribution is -2.31. The number of hydrogen-bond donors (Lipinski definition) is 2. The van der Waals surface area contributed by atoms with Crippen LogP contribution in [0.4, 0.5) is 0 Å². The van der Waals surface area contributed by atoms with E-state index in [1.165, 1.54) is 0 Å². The number of rotatable bonds is 7. The van der Waals surface area contributed by atoms with Gasteiger partial charge in [-0.15, -0.1) is 12.4 Å². The second kappa shape index (κ2) is 10.2. The molecule has 1 aromatic carbocycles. The van der Waals surface area contributed by atoms with E-state index < -0.39 is 0 Å². The summed E-state index contributed by atoms with van der Waals surface area (Å²) in [6.45, 7) is 4.49. The van der Waals surface area contributed by atoms with Gasteiger partial charge in [0.05, 0.1) is 0 Å². The van der Waals surface area contributed by atoms with E-state index in [-0.39, 0.29) is 18.3 Å². The molecule has 0 aliphatic heterocycles. The van der Waals surface area contributed by atoms with Gasteiger partial charge in [-0.3, -0.25) is 4.79 Å². The van der Waals surface area contributed by atoms with Gasteiger partial charge in [-0.1, -0.05) is 30.7 Å². The molecular weight excluding hydrogens is 271 g/mol. The largest absolute Gasteiger partial charge is 0.355 e. The molecule has 0 bridgehead atoms. The van der Waals surface area contributed by atoms with E-state index >= 15 is 0 Å². The third-order valence-electron chi connectivity index (χ3n) is 2.43. The number of amides is 1. The third kappa shape index (κ3) is 7.54. The summed E-state index contributed by atoms with van der Waals surface area (Å²) in [5, 5.41) is 6.75. The molecule has 102 valence electrons. The van der Waals surface area contributed by atoms with Crippen LogP contribution < -0.4 is 10.6 Å². The number of aryl methyl sites for hydroxylation is 1. The number of hydrogen-bond acceptors (Lipinski definition) is 2. The highest BCUT2D eigenvalue weighted by molar-refractivity contribution is 6.30. The molecule has 0 aliphatic carbocycles. The van der Waals surface area contributed by atoms with Gasteiger partial charge in [-0.2, -0.15) is 0 Å². The highest BCUT2D eigenvalue weighted by Gasteiger charge is 2.01.